The topological polar surface area (TPSA) is 49.3 Å². The van der Waals surface area contributed by atoms with E-state index in [1.807, 2.05) is 32.0 Å². The summed E-state index contributed by atoms with van der Waals surface area (Å²) < 4.78 is 0. The van der Waals surface area contributed by atoms with Crippen molar-refractivity contribution in [3.8, 4) is 0 Å². The van der Waals surface area contributed by atoms with Crippen molar-refractivity contribution < 1.29 is 9.90 Å². The number of carbonyl (C=O) groups is 1. The molecule has 0 spiro atoms. The molecule has 0 fully saturated rings. The SMILES string of the molecule is Cc1ccc(C)c(CC(=O)Nc2ccc(CO)cc2)c1. The van der Waals surface area contributed by atoms with E-state index in [0.29, 0.717) is 6.42 Å². The van der Waals surface area contributed by atoms with Gasteiger partial charge in [0, 0.05) is 5.69 Å². The summed E-state index contributed by atoms with van der Waals surface area (Å²) in [5.74, 6) is -0.0320. The number of nitrogens with one attached hydrogen (secondary N) is 1. The molecular weight excluding hydrogens is 250 g/mol. The molecule has 0 aliphatic carbocycles. The number of benzene rings is 2. The molecular formula is C17H19NO2. The molecule has 0 saturated carbocycles. The van der Waals surface area contributed by atoms with Crippen LogP contribution in [0.25, 0.3) is 0 Å². The number of hydrogen-bond acceptors (Lipinski definition) is 2. The third-order valence-corrected chi connectivity index (χ3v) is 3.28. The summed E-state index contributed by atoms with van der Waals surface area (Å²) in [5, 5.41) is 11.8. The first kappa shape index (κ1) is 14.3. The summed E-state index contributed by atoms with van der Waals surface area (Å²) in [6, 6.07) is 13.3. The molecule has 2 aromatic carbocycles. The minimum Gasteiger partial charge on any atom is -0.392 e. The van der Waals surface area contributed by atoms with Crippen molar-refractivity contribution in [2.24, 2.45) is 0 Å². The lowest BCUT2D eigenvalue weighted by molar-refractivity contribution is -0.115. The van der Waals surface area contributed by atoms with Crippen LogP contribution in [0.3, 0.4) is 0 Å². The highest BCUT2D eigenvalue weighted by atomic mass is 16.3. The Balaban J connectivity index is 2.03. The molecule has 104 valence electrons. The Kier molecular flexibility index (Phi) is 4.53. The third kappa shape index (κ3) is 3.68. The van der Waals surface area contributed by atoms with Gasteiger partial charge in [0.15, 0.2) is 0 Å². The van der Waals surface area contributed by atoms with E-state index in [0.717, 1.165) is 27.9 Å². The van der Waals surface area contributed by atoms with Gasteiger partial charge in [0.1, 0.15) is 0 Å². The van der Waals surface area contributed by atoms with Crippen LogP contribution in [0.2, 0.25) is 0 Å². The van der Waals surface area contributed by atoms with Crippen molar-refractivity contribution >= 4 is 11.6 Å². The summed E-state index contributed by atoms with van der Waals surface area (Å²) in [5.41, 5.74) is 4.91. The molecule has 20 heavy (non-hydrogen) atoms. The number of aliphatic hydroxyl groups excluding tert-OH is 1. The number of aliphatic hydroxyl groups is 1. The van der Waals surface area contributed by atoms with Crippen molar-refractivity contribution in [1.29, 1.82) is 0 Å². The normalized spacial score (nSPS) is 10.3. The largest absolute Gasteiger partial charge is 0.392 e. The van der Waals surface area contributed by atoms with Crippen LogP contribution in [-0.2, 0) is 17.8 Å². The second kappa shape index (κ2) is 6.35. The maximum Gasteiger partial charge on any atom is 0.228 e. The fourth-order valence-corrected chi connectivity index (χ4v) is 2.06. The number of aryl methyl sites for hydroxylation is 2. The average Bonchev–Trinajstić information content (AvgIpc) is 2.43. The number of hydrogen-bond donors (Lipinski definition) is 2. The molecule has 0 radical (unpaired) electrons. The highest BCUT2D eigenvalue weighted by Gasteiger charge is 2.07. The average molecular weight is 269 g/mol. The predicted octanol–water partition coefficient (Wildman–Crippen LogP) is 2.98. The zero-order valence-electron chi connectivity index (χ0n) is 11.8. The van der Waals surface area contributed by atoms with Crippen LogP contribution in [0.15, 0.2) is 42.5 Å². The monoisotopic (exact) mass is 269 g/mol. The van der Waals surface area contributed by atoms with Gasteiger partial charge in [0.2, 0.25) is 5.91 Å². The Morgan fingerprint density at radius 2 is 1.80 bits per heavy atom. The number of carbonyl (C=O) groups excluding carboxylic acids is 1. The molecule has 0 atom stereocenters. The molecule has 0 saturated heterocycles. The van der Waals surface area contributed by atoms with E-state index in [1.165, 1.54) is 0 Å². The third-order valence-electron chi connectivity index (χ3n) is 3.28. The molecule has 0 aliphatic rings. The van der Waals surface area contributed by atoms with Gasteiger partial charge in [-0.1, -0.05) is 35.9 Å². The molecule has 0 aromatic heterocycles. The van der Waals surface area contributed by atoms with Gasteiger partial charge in [0.25, 0.3) is 0 Å². The second-order valence-electron chi connectivity index (χ2n) is 5.01. The molecule has 2 aromatic rings. The Morgan fingerprint density at radius 3 is 2.45 bits per heavy atom. The molecule has 1 amide bonds. The summed E-state index contributed by atoms with van der Waals surface area (Å²) in [6.45, 7) is 4.04. The van der Waals surface area contributed by atoms with Crippen LogP contribution >= 0.6 is 0 Å². The first-order valence-corrected chi connectivity index (χ1v) is 6.64. The maximum atomic E-state index is 12.0. The van der Waals surface area contributed by atoms with Gasteiger partial charge in [0.05, 0.1) is 13.0 Å². The highest BCUT2D eigenvalue weighted by Crippen LogP contribution is 2.14. The molecule has 0 unspecified atom stereocenters. The number of anilines is 1. The lowest BCUT2D eigenvalue weighted by atomic mass is 10.0. The number of rotatable bonds is 4. The zero-order chi connectivity index (χ0) is 14.5. The standard InChI is InChI=1S/C17H19NO2/c1-12-3-4-13(2)15(9-12)10-17(20)18-16-7-5-14(11-19)6-8-16/h3-9,19H,10-11H2,1-2H3,(H,18,20). The van der Waals surface area contributed by atoms with Crippen LogP contribution in [0.4, 0.5) is 5.69 Å². The minimum absolute atomic E-state index is 0.0106. The van der Waals surface area contributed by atoms with Crippen molar-refractivity contribution in [2.75, 3.05) is 5.32 Å². The molecule has 0 aliphatic heterocycles. The van der Waals surface area contributed by atoms with Crippen LogP contribution in [0.1, 0.15) is 22.3 Å². The van der Waals surface area contributed by atoms with E-state index in [9.17, 15) is 4.79 Å². The van der Waals surface area contributed by atoms with Crippen LogP contribution in [0.5, 0.6) is 0 Å². The summed E-state index contributed by atoms with van der Waals surface area (Å²) >= 11 is 0. The lowest BCUT2D eigenvalue weighted by Gasteiger charge is -2.09. The van der Waals surface area contributed by atoms with E-state index in [-0.39, 0.29) is 12.5 Å². The van der Waals surface area contributed by atoms with Crippen molar-refractivity contribution in [1.82, 2.24) is 0 Å². The molecule has 3 nitrogen and oxygen atoms in total. The first-order chi connectivity index (χ1) is 9.58. The van der Waals surface area contributed by atoms with Crippen molar-refractivity contribution in [3.63, 3.8) is 0 Å². The number of amides is 1. The molecule has 2 N–H and O–H groups in total. The molecule has 3 heteroatoms. The Labute approximate surface area is 119 Å². The van der Waals surface area contributed by atoms with Crippen molar-refractivity contribution in [3.05, 3.63) is 64.7 Å². The van der Waals surface area contributed by atoms with E-state index in [1.54, 1.807) is 24.3 Å². The molecule has 0 heterocycles. The summed E-state index contributed by atoms with van der Waals surface area (Å²) in [7, 11) is 0. The smallest absolute Gasteiger partial charge is 0.228 e. The van der Waals surface area contributed by atoms with Crippen LogP contribution in [0, 0.1) is 13.8 Å². The first-order valence-electron chi connectivity index (χ1n) is 6.64. The van der Waals surface area contributed by atoms with E-state index in [4.69, 9.17) is 5.11 Å². The van der Waals surface area contributed by atoms with Gasteiger partial charge in [-0.25, -0.2) is 0 Å². The highest BCUT2D eigenvalue weighted by molar-refractivity contribution is 5.92. The van der Waals surface area contributed by atoms with Gasteiger partial charge < -0.3 is 10.4 Å². The Bertz CT molecular complexity index is 603. The van der Waals surface area contributed by atoms with E-state index < -0.39 is 0 Å². The second-order valence-corrected chi connectivity index (χ2v) is 5.01. The van der Waals surface area contributed by atoms with Gasteiger partial charge in [-0.05, 0) is 42.7 Å². The Hall–Kier alpha value is -2.13. The quantitative estimate of drug-likeness (QED) is 0.896. The van der Waals surface area contributed by atoms with E-state index in [2.05, 4.69) is 5.32 Å². The molecule has 0 bridgehead atoms. The predicted molar refractivity (Wildman–Crippen MR) is 80.6 cm³/mol. The van der Waals surface area contributed by atoms with Gasteiger partial charge in [-0.2, -0.15) is 0 Å². The summed E-state index contributed by atoms with van der Waals surface area (Å²) in [6.07, 6.45) is 0.370. The van der Waals surface area contributed by atoms with Gasteiger partial charge in [-0.3, -0.25) is 4.79 Å². The lowest BCUT2D eigenvalue weighted by Crippen LogP contribution is -2.15. The fraction of sp³-hybridized carbons (Fsp3) is 0.235. The fourth-order valence-electron chi connectivity index (χ4n) is 2.06. The Morgan fingerprint density at radius 1 is 1.10 bits per heavy atom. The zero-order valence-corrected chi connectivity index (χ0v) is 11.8. The van der Waals surface area contributed by atoms with Crippen molar-refractivity contribution in [2.45, 2.75) is 26.9 Å². The van der Waals surface area contributed by atoms with Gasteiger partial charge in [-0.15, -0.1) is 0 Å². The van der Waals surface area contributed by atoms with Gasteiger partial charge >= 0.3 is 0 Å². The van der Waals surface area contributed by atoms with Crippen LogP contribution in [-0.4, -0.2) is 11.0 Å². The maximum absolute atomic E-state index is 12.0. The van der Waals surface area contributed by atoms with E-state index >= 15 is 0 Å². The minimum atomic E-state index is -0.0320. The summed E-state index contributed by atoms with van der Waals surface area (Å²) in [4.78, 5) is 12.0. The molecule has 2 rings (SSSR count). The van der Waals surface area contributed by atoms with Crippen LogP contribution < -0.4 is 5.32 Å².